The first-order valence-corrected chi connectivity index (χ1v) is 16.2. The first-order chi connectivity index (χ1) is 20.8. The van der Waals surface area contributed by atoms with Crippen LogP contribution in [0.15, 0.2) is 29.2 Å². The molecule has 2 heterocycles. The Labute approximate surface area is 279 Å². The molecule has 0 radical (unpaired) electrons. The zero-order chi connectivity index (χ0) is 32.3. The number of carbonyl (C=O) groups excluding carboxylic acids is 4. The minimum Gasteiger partial charge on any atom is -0.478 e. The highest BCUT2D eigenvalue weighted by molar-refractivity contribution is 8.00. The van der Waals surface area contributed by atoms with Crippen molar-refractivity contribution in [3.05, 3.63) is 71.5 Å². The highest BCUT2D eigenvalue weighted by atomic mass is 35.5. The molecule has 10 nitrogen and oxygen atoms in total. The molecule has 0 aliphatic carbocycles. The van der Waals surface area contributed by atoms with Gasteiger partial charge in [0, 0.05) is 28.9 Å². The average molecular weight is 719 g/mol. The molecule has 232 valence electrons. The minimum absolute atomic E-state index is 0.0425. The number of benzene rings is 2. The largest absolute Gasteiger partial charge is 0.478 e. The maximum absolute atomic E-state index is 13.1. The van der Waals surface area contributed by atoms with E-state index < -0.39 is 34.0 Å². The Morgan fingerprint density at radius 2 is 1.68 bits per heavy atom. The topological polar surface area (TPSA) is 142 Å². The molecule has 0 saturated carbocycles. The van der Waals surface area contributed by atoms with Gasteiger partial charge in [-0.3, -0.25) is 14.4 Å². The van der Waals surface area contributed by atoms with E-state index in [1.54, 1.807) is 36.1 Å². The van der Waals surface area contributed by atoms with Gasteiger partial charge in [0.05, 0.1) is 55.7 Å². The number of carboxylic acid groups (broad SMARTS) is 1. The third-order valence-corrected chi connectivity index (χ3v) is 10.3. The van der Waals surface area contributed by atoms with Crippen LogP contribution in [0.1, 0.15) is 55.4 Å². The number of nitrogens with zero attached hydrogens (tertiary/aromatic N) is 1. The monoisotopic (exact) mass is 717 g/mol. The molecule has 0 atom stereocenters. The van der Waals surface area contributed by atoms with Gasteiger partial charge in [-0.1, -0.05) is 52.5 Å². The zero-order valence-electron chi connectivity index (χ0n) is 23.0. The van der Waals surface area contributed by atoms with Crippen molar-refractivity contribution in [2.24, 2.45) is 0 Å². The SMILES string of the molecule is CCOC(=O)c1c(NC(=O)CSc2cccc(NC(=O)c3c(Cl)c(Cl)c(Cl)c(Cl)c3C(=O)O)c2)sc2c1CCN(C(C)=O)C2. The van der Waals surface area contributed by atoms with E-state index >= 15 is 0 Å². The lowest BCUT2D eigenvalue weighted by atomic mass is 10.0. The number of hydrogen-bond donors (Lipinski definition) is 3. The Balaban J connectivity index is 1.48. The number of carbonyl (C=O) groups is 5. The molecule has 1 aliphatic heterocycles. The maximum atomic E-state index is 13.1. The lowest BCUT2D eigenvalue weighted by molar-refractivity contribution is -0.129. The van der Waals surface area contributed by atoms with E-state index in [4.69, 9.17) is 51.1 Å². The van der Waals surface area contributed by atoms with Gasteiger partial charge in [0.2, 0.25) is 11.8 Å². The fourth-order valence-electron chi connectivity index (χ4n) is 4.39. The molecular formula is C28H23Cl4N3O7S2. The second kappa shape index (κ2) is 14.4. The number of ether oxygens (including phenoxy) is 1. The van der Waals surface area contributed by atoms with Crippen LogP contribution in [0, 0.1) is 0 Å². The summed E-state index contributed by atoms with van der Waals surface area (Å²) in [7, 11) is 0. The van der Waals surface area contributed by atoms with E-state index in [1.807, 2.05) is 0 Å². The molecule has 4 rings (SSSR count). The Morgan fingerprint density at radius 3 is 2.32 bits per heavy atom. The molecule has 0 saturated heterocycles. The number of carboxylic acids is 1. The van der Waals surface area contributed by atoms with Crippen LogP contribution < -0.4 is 10.6 Å². The molecule has 0 spiro atoms. The summed E-state index contributed by atoms with van der Waals surface area (Å²) in [5, 5.41) is 14.0. The predicted molar refractivity (Wildman–Crippen MR) is 172 cm³/mol. The quantitative estimate of drug-likeness (QED) is 0.0919. The number of aromatic carboxylic acids is 1. The Bertz CT molecular complexity index is 1700. The number of halogens is 4. The van der Waals surface area contributed by atoms with Crippen molar-refractivity contribution in [2.75, 3.05) is 29.5 Å². The molecule has 44 heavy (non-hydrogen) atoms. The van der Waals surface area contributed by atoms with Crippen LogP contribution in [0.2, 0.25) is 20.1 Å². The number of thioether (sulfide) groups is 1. The van der Waals surface area contributed by atoms with Gasteiger partial charge in [0.15, 0.2) is 0 Å². The van der Waals surface area contributed by atoms with Gasteiger partial charge in [-0.25, -0.2) is 9.59 Å². The second-order valence-electron chi connectivity index (χ2n) is 9.25. The number of esters is 1. The molecule has 3 amide bonds. The van der Waals surface area contributed by atoms with Crippen LogP contribution in [0.25, 0.3) is 0 Å². The van der Waals surface area contributed by atoms with Gasteiger partial charge in [0.1, 0.15) is 5.00 Å². The number of hydrogen-bond acceptors (Lipinski definition) is 8. The summed E-state index contributed by atoms with van der Waals surface area (Å²) in [5.74, 6) is -3.45. The summed E-state index contributed by atoms with van der Waals surface area (Å²) >= 11 is 26.6. The fraction of sp³-hybridized carbons (Fsp3) is 0.250. The van der Waals surface area contributed by atoms with Crippen molar-refractivity contribution in [3.8, 4) is 0 Å². The van der Waals surface area contributed by atoms with Crippen LogP contribution >= 0.6 is 69.5 Å². The van der Waals surface area contributed by atoms with Gasteiger partial charge < -0.3 is 25.4 Å². The third kappa shape index (κ3) is 7.27. The molecule has 1 aromatic heterocycles. The van der Waals surface area contributed by atoms with Gasteiger partial charge in [0.25, 0.3) is 5.91 Å². The predicted octanol–water partition coefficient (Wildman–Crippen LogP) is 7.12. The van der Waals surface area contributed by atoms with E-state index in [0.717, 1.165) is 22.2 Å². The second-order valence-corrected chi connectivity index (χ2v) is 12.9. The normalized spacial score (nSPS) is 12.4. The van der Waals surface area contributed by atoms with Gasteiger partial charge >= 0.3 is 11.9 Å². The van der Waals surface area contributed by atoms with Crippen molar-refractivity contribution in [1.82, 2.24) is 4.90 Å². The molecular weight excluding hydrogens is 696 g/mol. The van der Waals surface area contributed by atoms with E-state index in [1.165, 1.54) is 18.3 Å². The highest BCUT2D eigenvalue weighted by Gasteiger charge is 2.31. The van der Waals surface area contributed by atoms with Crippen LogP contribution in [0.3, 0.4) is 0 Å². The lowest BCUT2D eigenvalue weighted by Crippen LogP contribution is -2.34. The zero-order valence-corrected chi connectivity index (χ0v) is 27.7. The van der Waals surface area contributed by atoms with Crippen molar-refractivity contribution in [2.45, 2.75) is 31.7 Å². The molecule has 3 N–H and O–H groups in total. The van der Waals surface area contributed by atoms with Crippen molar-refractivity contribution >= 4 is 110 Å². The Hall–Kier alpha value is -3.00. The number of fused-ring (bicyclic) bond motifs is 1. The molecule has 0 fully saturated rings. The van der Waals surface area contributed by atoms with Gasteiger partial charge in [-0.05, 0) is 37.1 Å². The summed E-state index contributed by atoms with van der Waals surface area (Å²) < 4.78 is 5.24. The van der Waals surface area contributed by atoms with Crippen molar-refractivity contribution in [3.63, 3.8) is 0 Å². The summed E-state index contributed by atoms with van der Waals surface area (Å²) in [4.78, 5) is 65.6. The van der Waals surface area contributed by atoms with Gasteiger partial charge in [-0.2, -0.15) is 0 Å². The van der Waals surface area contributed by atoms with E-state index in [9.17, 15) is 29.1 Å². The maximum Gasteiger partial charge on any atom is 0.341 e. The highest BCUT2D eigenvalue weighted by Crippen LogP contribution is 2.42. The first kappa shape index (κ1) is 33.9. The van der Waals surface area contributed by atoms with Crippen LogP contribution in [-0.4, -0.2) is 58.6 Å². The smallest absolute Gasteiger partial charge is 0.341 e. The number of anilines is 2. The Morgan fingerprint density at radius 1 is 1.00 bits per heavy atom. The number of rotatable bonds is 9. The van der Waals surface area contributed by atoms with Crippen molar-refractivity contribution < 1.29 is 33.8 Å². The number of thiophene rings is 1. The summed E-state index contributed by atoms with van der Waals surface area (Å²) in [6.07, 6.45) is 0.469. The minimum atomic E-state index is -1.52. The van der Waals surface area contributed by atoms with E-state index in [2.05, 4.69) is 10.6 Å². The number of amides is 3. The van der Waals surface area contributed by atoms with E-state index in [0.29, 0.717) is 35.0 Å². The molecule has 16 heteroatoms. The molecule has 0 unspecified atom stereocenters. The summed E-state index contributed by atoms with van der Waals surface area (Å²) in [6, 6.07) is 6.48. The number of nitrogens with one attached hydrogen (secondary N) is 2. The van der Waals surface area contributed by atoms with Crippen LogP contribution in [0.5, 0.6) is 0 Å². The molecule has 0 bridgehead atoms. The first-order valence-electron chi connectivity index (χ1n) is 12.8. The van der Waals surface area contributed by atoms with Crippen LogP contribution in [-0.2, 0) is 27.3 Å². The summed E-state index contributed by atoms with van der Waals surface area (Å²) in [6.45, 7) is 4.15. The average Bonchev–Trinajstić information content (AvgIpc) is 3.33. The molecule has 1 aliphatic rings. The third-order valence-electron chi connectivity index (χ3n) is 6.40. The van der Waals surface area contributed by atoms with Crippen LogP contribution in [0.4, 0.5) is 10.7 Å². The molecule has 3 aromatic rings. The van der Waals surface area contributed by atoms with Crippen molar-refractivity contribution in [1.29, 1.82) is 0 Å². The lowest BCUT2D eigenvalue weighted by Gasteiger charge is -2.25. The standard InChI is InChI=1S/C28H23Cl4N3O7S2/c1-3-42-28(41)18-15-7-8-35(12(2)36)10-16(15)44-26(18)34-17(37)11-43-14-6-4-5-13(9-14)33-25(38)19-20(27(39)40)22(30)24(32)23(31)21(19)29/h4-6,9H,3,7-8,10-11H2,1-2H3,(H,33,38)(H,34,37)(H,39,40). The Kier molecular flexibility index (Phi) is 11.1. The van der Waals surface area contributed by atoms with E-state index in [-0.39, 0.29) is 44.9 Å². The summed E-state index contributed by atoms with van der Waals surface area (Å²) in [5.41, 5.74) is 0.294. The van der Waals surface area contributed by atoms with Gasteiger partial charge in [-0.15, -0.1) is 23.1 Å². The fourth-order valence-corrected chi connectivity index (χ4v) is 7.44. The molecule has 2 aromatic carbocycles.